The van der Waals surface area contributed by atoms with E-state index in [-0.39, 0.29) is 11.5 Å². The highest BCUT2D eigenvalue weighted by Gasteiger charge is 2.34. The Hall–Kier alpha value is 0.150. The Kier molecular flexibility index (Phi) is 5.28. The summed E-state index contributed by atoms with van der Waals surface area (Å²) < 4.78 is 0.939. The lowest BCUT2D eigenvalue weighted by molar-refractivity contribution is 0.0988. The maximum Gasteiger partial charge on any atom is 0.255 e. The molecule has 0 unspecified atom stereocenters. The van der Waals surface area contributed by atoms with Gasteiger partial charge in [-0.2, -0.15) is 0 Å². The lowest BCUT2D eigenvalue weighted by Gasteiger charge is -2.09. The number of hydrogen-bond acceptors (Lipinski definition) is 3. The molecule has 0 aromatic carbocycles. The second-order valence-corrected chi connectivity index (χ2v) is 10.1. The van der Waals surface area contributed by atoms with Crippen LogP contribution in [0.4, 0.5) is 0 Å². The first-order valence-electron chi connectivity index (χ1n) is 5.38. The highest BCUT2D eigenvalue weighted by molar-refractivity contribution is 9.12. The predicted molar refractivity (Wildman–Crippen MR) is 93.2 cm³/mol. The molecule has 2 aromatic rings. The summed E-state index contributed by atoms with van der Waals surface area (Å²) in [6.45, 7) is 0. The zero-order valence-corrected chi connectivity index (χ0v) is 16.6. The van der Waals surface area contributed by atoms with E-state index in [0.717, 1.165) is 3.79 Å². The largest absolute Gasteiger partial charge is 0.347 e. The summed E-state index contributed by atoms with van der Waals surface area (Å²) in [5.74, 6) is -0.901. The van der Waals surface area contributed by atoms with Gasteiger partial charge in [0.2, 0.25) is 5.78 Å². The standard InChI is InChI=1S/C12H6Br2Cl3NO2S/c1-18-4-5(2-7(18)10(20)12(15,16)17)9(19)6-3-8(13)21-11(6)14/h2-4H,1H3. The Morgan fingerprint density at radius 2 is 1.86 bits per heavy atom. The van der Waals surface area contributed by atoms with Gasteiger partial charge in [-0.05, 0) is 44.0 Å². The van der Waals surface area contributed by atoms with Crippen molar-refractivity contribution in [2.24, 2.45) is 7.05 Å². The minimum Gasteiger partial charge on any atom is -0.347 e. The fraction of sp³-hybridized carbons (Fsp3) is 0.167. The van der Waals surface area contributed by atoms with Gasteiger partial charge in [-0.25, -0.2) is 0 Å². The van der Waals surface area contributed by atoms with E-state index in [4.69, 9.17) is 34.8 Å². The summed E-state index contributed by atoms with van der Waals surface area (Å²) in [5, 5.41) is 0. The van der Waals surface area contributed by atoms with Crippen LogP contribution < -0.4 is 0 Å². The van der Waals surface area contributed by atoms with Gasteiger partial charge in [0.1, 0.15) is 0 Å². The molecule has 0 radical (unpaired) electrons. The van der Waals surface area contributed by atoms with Gasteiger partial charge in [0.25, 0.3) is 3.79 Å². The zero-order valence-electron chi connectivity index (χ0n) is 10.3. The molecule has 0 atom stereocenters. The van der Waals surface area contributed by atoms with Gasteiger partial charge >= 0.3 is 0 Å². The quantitative estimate of drug-likeness (QED) is 0.424. The van der Waals surface area contributed by atoms with Crippen molar-refractivity contribution in [1.82, 2.24) is 4.57 Å². The molecule has 21 heavy (non-hydrogen) atoms. The summed E-state index contributed by atoms with van der Waals surface area (Å²) >= 11 is 24.8. The smallest absolute Gasteiger partial charge is 0.255 e. The molecule has 2 rings (SSSR count). The van der Waals surface area contributed by atoms with Crippen LogP contribution in [-0.2, 0) is 7.05 Å². The highest BCUT2D eigenvalue weighted by atomic mass is 79.9. The summed E-state index contributed by atoms with van der Waals surface area (Å²) in [6.07, 6.45) is 1.53. The third-order valence-corrected chi connectivity index (χ3v) is 5.51. The van der Waals surface area contributed by atoms with Gasteiger partial charge in [-0.3, -0.25) is 9.59 Å². The van der Waals surface area contributed by atoms with E-state index in [9.17, 15) is 9.59 Å². The van der Waals surface area contributed by atoms with Crippen molar-refractivity contribution in [3.05, 3.63) is 42.7 Å². The van der Waals surface area contributed by atoms with E-state index in [1.807, 2.05) is 0 Å². The number of nitrogens with zero attached hydrogens (tertiary/aromatic N) is 1. The first-order valence-corrected chi connectivity index (χ1v) is 8.92. The number of aromatic nitrogens is 1. The number of halogens is 5. The van der Waals surface area contributed by atoms with E-state index in [0.29, 0.717) is 14.9 Å². The van der Waals surface area contributed by atoms with Gasteiger partial charge in [0.05, 0.1) is 13.3 Å². The van der Waals surface area contributed by atoms with Crippen LogP contribution >= 0.6 is 78.0 Å². The van der Waals surface area contributed by atoms with Crippen LogP contribution in [0, 0.1) is 0 Å². The Labute approximate surface area is 156 Å². The van der Waals surface area contributed by atoms with Crippen LogP contribution in [0.5, 0.6) is 0 Å². The molecular formula is C12H6Br2Cl3NO2S. The number of ketones is 2. The molecular weight excluding hydrogens is 488 g/mol. The van der Waals surface area contributed by atoms with Crippen LogP contribution in [0.2, 0.25) is 0 Å². The number of rotatable bonds is 3. The summed E-state index contributed by atoms with van der Waals surface area (Å²) in [6, 6.07) is 3.13. The number of Topliss-reactive ketones (excluding diaryl/α,β-unsaturated/α-hetero) is 1. The van der Waals surface area contributed by atoms with Crippen molar-refractivity contribution in [1.29, 1.82) is 0 Å². The van der Waals surface area contributed by atoms with Crippen LogP contribution in [0.3, 0.4) is 0 Å². The number of aryl methyl sites for hydroxylation is 1. The molecule has 2 aromatic heterocycles. The fourth-order valence-electron chi connectivity index (χ4n) is 1.71. The Morgan fingerprint density at radius 1 is 1.24 bits per heavy atom. The third kappa shape index (κ3) is 3.74. The fourth-order valence-corrected chi connectivity index (χ4v) is 4.79. The van der Waals surface area contributed by atoms with Crippen LogP contribution in [0.25, 0.3) is 0 Å². The van der Waals surface area contributed by atoms with Crippen molar-refractivity contribution in [2.75, 3.05) is 0 Å². The van der Waals surface area contributed by atoms with E-state index in [2.05, 4.69) is 31.9 Å². The molecule has 0 N–H and O–H groups in total. The summed E-state index contributed by atoms with van der Waals surface area (Å²) in [7, 11) is 1.61. The van der Waals surface area contributed by atoms with Crippen LogP contribution in [0.1, 0.15) is 26.4 Å². The normalized spacial score (nSPS) is 11.7. The molecule has 2 heterocycles. The minimum absolute atomic E-state index is 0.156. The predicted octanol–water partition coefficient (Wildman–Crippen LogP) is 5.40. The molecule has 0 aliphatic rings. The van der Waals surface area contributed by atoms with Gasteiger partial charge in [-0.15, -0.1) is 11.3 Å². The van der Waals surface area contributed by atoms with E-state index in [1.165, 1.54) is 28.2 Å². The number of alkyl halides is 3. The van der Waals surface area contributed by atoms with Gasteiger partial charge in [0.15, 0.2) is 5.78 Å². The lowest BCUT2D eigenvalue weighted by Crippen LogP contribution is -2.21. The minimum atomic E-state index is -2.06. The van der Waals surface area contributed by atoms with Crippen molar-refractivity contribution in [3.63, 3.8) is 0 Å². The van der Waals surface area contributed by atoms with E-state index >= 15 is 0 Å². The molecule has 0 aliphatic carbocycles. The van der Waals surface area contributed by atoms with Crippen molar-refractivity contribution in [2.45, 2.75) is 3.79 Å². The second-order valence-electron chi connectivity index (χ2n) is 4.12. The molecule has 0 spiro atoms. The topological polar surface area (TPSA) is 39.1 Å². The number of hydrogen-bond donors (Lipinski definition) is 0. The molecule has 3 nitrogen and oxygen atoms in total. The van der Waals surface area contributed by atoms with Crippen molar-refractivity contribution < 1.29 is 9.59 Å². The van der Waals surface area contributed by atoms with Gasteiger partial charge in [-0.1, -0.05) is 34.8 Å². The Bertz CT molecular complexity index is 733. The van der Waals surface area contributed by atoms with Crippen LogP contribution in [-0.4, -0.2) is 19.9 Å². The van der Waals surface area contributed by atoms with Gasteiger partial charge < -0.3 is 4.57 Å². The zero-order chi connectivity index (χ0) is 15.9. The average molecular weight is 494 g/mol. The molecule has 112 valence electrons. The first-order chi connectivity index (χ1) is 9.61. The Balaban J connectivity index is 2.41. The maximum atomic E-state index is 12.5. The van der Waals surface area contributed by atoms with E-state index in [1.54, 1.807) is 13.1 Å². The molecule has 0 saturated heterocycles. The molecule has 0 amide bonds. The van der Waals surface area contributed by atoms with Gasteiger partial charge in [0, 0.05) is 24.4 Å². The molecule has 0 saturated carbocycles. The summed E-state index contributed by atoms with van der Waals surface area (Å²) in [5.41, 5.74) is 1.01. The molecule has 0 fully saturated rings. The first kappa shape index (κ1) is 17.5. The summed E-state index contributed by atoms with van der Waals surface area (Å²) in [4.78, 5) is 24.4. The highest BCUT2D eigenvalue weighted by Crippen LogP contribution is 2.34. The lowest BCUT2D eigenvalue weighted by atomic mass is 10.1. The van der Waals surface area contributed by atoms with Crippen molar-refractivity contribution in [3.8, 4) is 0 Å². The molecule has 0 bridgehead atoms. The maximum absolute atomic E-state index is 12.5. The second kappa shape index (κ2) is 6.34. The average Bonchev–Trinajstić information content (AvgIpc) is 2.89. The number of carbonyl (C=O) groups excluding carboxylic acids is 2. The molecule has 0 aliphatic heterocycles. The third-order valence-electron chi connectivity index (χ3n) is 2.66. The number of thiophene rings is 1. The van der Waals surface area contributed by atoms with Crippen molar-refractivity contribution >= 4 is 89.6 Å². The van der Waals surface area contributed by atoms with E-state index < -0.39 is 9.58 Å². The number of carbonyl (C=O) groups is 2. The monoisotopic (exact) mass is 491 g/mol. The Morgan fingerprint density at radius 3 is 2.33 bits per heavy atom. The SMILES string of the molecule is Cn1cc(C(=O)c2cc(Br)sc2Br)cc1C(=O)C(Cl)(Cl)Cl. The van der Waals surface area contributed by atoms with Crippen LogP contribution in [0.15, 0.2) is 25.9 Å². The molecule has 9 heteroatoms.